The van der Waals surface area contributed by atoms with Gasteiger partial charge in [0.25, 0.3) is 0 Å². The summed E-state index contributed by atoms with van der Waals surface area (Å²) in [6.07, 6.45) is 3.76. The lowest BCUT2D eigenvalue weighted by atomic mass is 9.93. The summed E-state index contributed by atoms with van der Waals surface area (Å²) in [7, 11) is 0. The van der Waals surface area contributed by atoms with E-state index >= 15 is 0 Å². The number of carbonyl (C=O) groups excluding carboxylic acids is 1. The molecule has 3 N–H and O–H groups in total. The number of aliphatic hydroxyl groups is 1. The van der Waals surface area contributed by atoms with E-state index in [0.29, 0.717) is 38.4 Å². The normalized spacial score (nSPS) is 24.1. The van der Waals surface area contributed by atoms with Crippen LogP contribution in [0.2, 0.25) is 0 Å². The van der Waals surface area contributed by atoms with Crippen molar-refractivity contribution < 1.29 is 9.90 Å². The maximum atomic E-state index is 11.3. The van der Waals surface area contributed by atoms with Crippen LogP contribution in [-0.4, -0.2) is 36.2 Å². The molecule has 0 atom stereocenters. The monoisotopic (exact) mass is 198 g/mol. The molecule has 4 heteroatoms. The van der Waals surface area contributed by atoms with Crippen LogP contribution in [0.1, 0.15) is 25.7 Å². The van der Waals surface area contributed by atoms with Crippen molar-refractivity contribution in [2.45, 2.75) is 31.3 Å². The molecule has 1 heterocycles. The maximum Gasteiger partial charge on any atom is 0.220 e. The topological polar surface area (TPSA) is 61.4 Å². The number of β-amino-alcohol motifs (C(OH)–C–C–N with tert-alkyl or cyclic N) is 1. The van der Waals surface area contributed by atoms with Gasteiger partial charge in [-0.1, -0.05) is 0 Å². The number of nitrogens with one attached hydrogen (secondary N) is 2. The summed E-state index contributed by atoms with van der Waals surface area (Å²) in [6, 6.07) is 0. The van der Waals surface area contributed by atoms with Crippen molar-refractivity contribution in [3.63, 3.8) is 0 Å². The Morgan fingerprint density at radius 1 is 1.50 bits per heavy atom. The number of hydrogen-bond donors (Lipinski definition) is 3. The van der Waals surface area contributed by atoms with Gasteiger partial charge in [0.05, 0.1) is 5.60 Å². The van der Waals surface area contributed by atoms with Crippen LogP contribution < -0.4 is 10.6 Å². The molecule has 80 valence electrons. The fourth-order valence-electron chi connectivity index (χ4n) is 1.68. The molecule has 1 amide bonds. The van der Waals surface area contributed by atoms with Crippen LogP contribution in [0.3, 0.4) is 0 Å². The molecule has 1 aliphatic heterocycles. The number of carbonyl (C=O) groups is 1. The zero-order chi connectivity index (χ0) is 10.0. The van der Waals surface area contributed by atoms with Gasteiger partial charge in [-0.2, -0.15) is 0 Å². The lowest BCUT2D eigenvalue weighted by Crippen LogP contribution is -2.60. The van der Waals surface area contributed by atoms with Gasteiger partial charge in [0, 0.05) is 26.1 Å². The van der Waals surface area contributed by atoms with E-state index in [1.165, 1.54) is 12.8 Å². The molecule has 0 unspecified atom stereocenters. The zero-order valence-electron chi connectivity index (χ0n) is 8.38. The minimum absolute atomic E-state index is 0.142. The third kappa shape index (κ3) is 2.69. The third-order valence-corrected chi connectivity index (χ3v) is 2.99. The van der Waals surface area contributed by atoms with Gasteiger partial charge in [-0.05, 0) is 25.2 Å². The molecule has 0 aromatic rings. The Balaban J connectivity index is 1.55. The van der Waals surface area contributed by atoms with Crippen molar-refractivity contribution in [1.29, 1.82) is 0 Å². The number of hydrogen-bond acceptors (Lipinski definition) is 3. The van der Waals surface area contributed by atoms with Crippen molar-refractivity contribution in [3.05, 3.63) is 0 Å². The minimum atomic E-state index is -0.563. The molecule has 2 rings (SSSR count). The average Bonchev–Trinajstić information content (AvgIpc) is 2.85. The Morgan fingerprint density at radius 3 is 2.71 bits per heavy atom. The Bertz CT molecular complexity index is 222. The van der Waals surface area contributed by atoms with Gasteiger partial charge >= 0.3 is 0 Å². The maximum absolute atomic E-state index is 11.3. The molecular formula is C10H18N2O2. The van der Waals surface area contributed by atoms with Gasteiger partial charge in [-0.25, -0.2) is 0 Å². The van der Waals surface area contributed by atoms with Crippen LogP contribution in [0.5, 0.6) is 0 Å². The SMILES string of the molecule is O=C(CC1CC1)NCCC1(O)CNC1. The second kappa shape index (κ2) is 3.87. The molecular weight excluding hydrogens is 180 g/mol. The van der Waals surface area contributed by atoms with Crippen LogP contribution in [-0.2, 0) is 4.79 Å². The molecule has 2 aliphatic rings. The fraction of sp³-hybridized carbons (Fsp3) is 0.900. The Hall–Kier alpha value is -0.610. The van der Waals surface area contributed by atoms with Crippen LogP contribution in [0, 0.1) is 5.92 Å². The number of rotatable bonds is 5. The van der Waals surface area contributed by atoms with Gasteiger partial charge < -0.3 is 15.7 Å². The lowest BCUT2D eigenvalue weighted by molar-refractivity contribution is -0.121. The second-order valence-electron chi connectivity index (χ2n) is 4.58. The van der Waals surface area contributed by atoms with E-state index in [-0.39, 0.29) is 5.91 Å². The first kappa shape index (κ1) is 9.93. The molecule has 1 saturated heterocycles. The van der Waals surface area contributed by atoms with Gasteiger partial charge in [0.2, 0.25) is 5.91 Å². The van der Waals surface area contributed by atoms with Crippen molar-refractivity contribution in [2.75, 3.05) is 19.6 Å². The van der Waals surface area contributed by atoms with Crippen LogP contribution in [0.25, 0.3) is 0 Å². The quantitative estimate of drug-likeness (QED) is 0.564. The molecule has 4 nitrogen and oxygen atoms in total. The Labute approximate surface area is 84.1 Å². The highest BCUT2D eigenvalue weighted by molar-refractivity contribution is 5.76. The minimum Gasteiger partial charge on any atom is -0.387 e. The van der Waals surface area contributed by atoms with Gasteiger partial charge in [0.15, 0.2) is 0 Å². The highest BCUT2D eigenvalue weighted by Gasteiger charge is 2.33. The van der Waals surface area contributed by atoms with Crippen molar-refractivity contribution >= 4 is 5.91 Å². The lowest BCUT2D eigenvalue weighted by Gasteiger charge is -2.37. The summed E-state index contributed by atoms with van der Waals surface area (Å²) in [5.41, 5.74) is -0.563. The third-order valence-electron chi connectivity index (χ3n) is 2.99. The smallest absolute Gasteiger partial charge is 0.220 e. The standard InChI is InChI=1S/C10H18N2O2/c13-9(5-8-1-2-8)12-4-3-10(14)6-11-7-10/h8,11,14H,1-7H2,(H,12,13). The molecule has 0 aromatic carbocycles. The predicted octanol–water partition coefficient (Wildman–Crippen LogP) is -0.373. The predicted molar refractivity (Wildman–Crippen MR) is 52.8 cm³/mol. The summed E-state index contributed by atoms with van der Waals surface area (Å²) in [5, 5.41) is 15.6. The molecule has 0 aromatic heterocycles. The molecule has 14 heavy (non-hydrogen) atoms. The van der Waals surface area contributed by atoms with E-state index < -0.39 is 5.60 Å². The largest absolute Gasteiger partial charge is 0.387 e. The summed E-state index contributed by atoms with van der Waals surface area (Å²) < 4.78 is 0. The molecule has 0 radical (unpaired) electrons. The second-order valence-corrected chi connectivity index (χ2v) is 4.58. The van der Waals surface area contributed by atoms with E-state index in [1.807, 2.05) is 0 Å². The first-order valence-corrected chi connectivity index (χ1v) is 5.38. The van der Waals surface area contributed by atoms with Gasteiger partial charge in [-0.3, -0.25) is 4.79 Å². The highest BCUT2D eigenvalue weighted by atomic mass is 16.3. The van der Waals surface area contributed by atoms with E-state index in [0.717, 1.165) is 0 Å². The average molecular weight is 198 g/mol. The molecule has 2 fully saturated rings. The summed E-state index contributed by atoms with van der Waals surface area (Å²) in [4.78, 5) is 11.3. The molecule has 0 spiro atoms. The molecule has 1 saturated carbocycles. The first-order chi connectivity index (χ1) is 6.68. The van der Waals surface area contributed by atoms with Gasteiger partial charge in [-0.15, -0.1) is 0 Å². The molecule has 0 bridgehead atoms. The van der Waals surface area contributed by atoms with Crippen LogP contribution in [0.4, 0.5) is 0 Å². The Morgan fingerprint density at radius 2 is 2.21 bits per heavy atom. The summed E-state index contributed by atoms with van der Waals surface area (Å²) >= 11 is 0. The first-order valence-electron chi connectivity index (χ1n) is 5.38. The number of amides is 1. The van der Waals surface area contributed by atoms with Crippen LogP contribution >= 0.6 is 0 Å². The van der Waals surface area contributed by atoms with Crippen molar-refractivity contribution in [3.8, 4) is 0 Å². The summed E-state index contributed by atoms with van der Waals surface area (Å²) in [6.45, 7) is 1.92. The summed E-state index contributed by atoms with van der Waals surface area (Å²) in [5.74, 6) is 0.784. The van der Waals surface area contributed by atoms with E-state index in [9.17, 15) is 9.90 Å². The van der Waals surface area contributed by atoms with E-state index in [4.69, 9.17) is 0 Å². The van der Waals surface area contributed by atoms with Crippen molar-refractivity contribution in [1.82, 2.24) is 10.6 Å². The Kier molecular flexibility index (Phi) is 2.74. The van der Waals surface area contributed by atoms with Crippen LogP contribution in [0.15, 0.2) is 0 Å². The fourth-order valence-corrected chi connectivity index (χ4v) is 1.68. The van der Waals surface area contributed by atoms with E-state index in [2.05, 4.69) is 10.6 Å². The van der Waals surface area contributed by atoms with E-state index in [1.54, 1.807) is 0 Å². The van der Waals surface area contributed by atoms with Gasteiger partial charge in [0.1, 0.15) is 0 Å². The molecule has 1 aliphatic carbocycles. The highest BCUT2D eigenvalue weighted by Crippen LogP contribution is 2.32. The van der Waals surface area contributed by atoms with Crippen molar-refractivity contribution in [2.24, 2.45) is 5.92 Å². The zero-order valence-corrected chi connectivity index (χ0v) is 8.38.